The Kier molecular flexibility index (Phi) is 3.69. The van der Waals surface area contributed by atoms with Crippen molar-refractivity contribution >= 4 is 0 Å². The minimum atomic E-state index is -0.224. The van der Waals surface area contributed by atoms with Crippen molar-refractivity contribution in [3.8, 4) is 0 Å². The van der Waals surface area contributed by atoms with Gasteiger partial charge in [0.25, 0.3) is 0 Å². The molecular weight excluding hydrogens is 226 g/mol. The topological polar surface area (TPSA) is 47.0 Å². The number of hydrogen-bond donors (Lipinski definition) is 1. The molecule has 0 saturated heterocycles. The van der Waals surface area contributed by atoms with Crippen molar-refractivity contribution in [2.75, 3.05) is 7.11 Å². The van der Waals surface area contributed by atoms with E-state index in [-0.39, 0.29) is 11.1 Å². The minimum Gasteiger partial charge on any atom is -0.370 e. The summed E-state index contributed by atoms with van der Waals surface area (Å²) in [5, 5.41) is 3.44. The predicted octanol–water partition coefficient (Wildman–Crippen LogP) is 2.39. The van der Waals surface area contributed by atoms with Crippen molar-refractivity contribution in [1.29, 1.82) is 0 Å². The van der Waals surface area contributed by atoms with Crippen molar-refractivity contribution in [1.82, 2.24) is 15.3 Å². The summed E-state index contributed by atoms with van der Waals surface area (Å²) in [4.78, 5) is 9.03. The van der Waals surface area contributed by atoms with Gasteiger partial charge in [0.15, 0.2) is 5.82 Å². The van der Waals surface area contributed by atoms with Gasteiger partial charge in [-0.3, -0.25) is 0 Å². The molecule has 1 fully saturated rings. The van der Waals surface area contributed by atoms with Gasteiger partial charge in [-0.2, -0.15) is 0 Å². The van der Waals surface area contributed by atoms with E-state index in [9.17, 15) is 0 Å². The smallest absolute Gasteiger partial charge is 0.160 e. The number of methoxy groups -OCH3 is 1. The molecule has 0 bridgehead atoms. The first kappa shape index (κ1) is 13.4. The summed E-state index contributed by atoms with van der Waals surface area (Å²) in [6.45, 7) is 7.21. The fourth-order valence-corrected chi connectivity index (χ4v) is 2.09. The Bertz CT molecular complexity index is 402. The second-order valence-corrected chi connectivity index (χ2v) is 6.03. The van der Waals surface area contributed by atoms with Gasteiger partial charge in [0, 0.05) is 25.4 Å². The summed E-state index contributed by atoms with van der Waals surface area (Å²) in [7, 11) is 1.75. The van der Waals surface area contributed by atoms with Crippen molar-refractivity contribution in [3.05, 3.63) is 23.8 Å². The van der Waals surface area contributed by atoms with Gasteiger partial charge in [0.2, 0.25) is 0 Å². The normalized spacial score (nSPS) is 18.4. The number of nitrogens with one attached hydrogen (secondary N) is 1. The molecule has 1 aromatic rings. The molecule has 0 aromatic carbocycles. The van der Waals surface area contributed by atoms with Gasteiger partial charge < -0.3 is 10.1 Å². The highest BCUT2D eigenvalue weighted by Crippen LogP contribution is 2.42. The van der Waals surface area contributed by atoms with Gasteiger partial charge in [-0.15, -0.1) is 0 Å². The van der Waals surface area contributed by atoms with E-state index >= 15 is 0 Å². The Morgan fingerprint density at radius 2 is 2.11 bits per heavy atom. The fourth-order valence-electron chi connectivity index (χ4n) is 2.09. The van der Waals surface area contributed by atoms with Gasteiger partial charge in [0.05, 0.1) is 5.69 Å². The molecule has 2 rings (SSSR count). The number of ether oxygens (including phenoxy) is 1. The third kappa shape index (κ3) is 2.87. The second kappa shape index (κ2) is 4.94. The van der Waals surface area contributed by atoms with E-state index in [4.69, 9.17) is 4.74 Å². The average molecular weight is 249 g/mol. The van der Waals surface area contributed by atoms with Gasteiger partial charge in [0.1, 0.15) is 5.60 Å². The molecular formula is C14H23N3O. The quantitative estimate of drug-likeness (QED) is 0.890. The number of nitrogens with zero attached hydrogens (tertiary/aromatic N) is 2. The molecule has 1 saturated carbocycles. The van der Waals surface area contributed by atoms with Gasteiger partial charge >= 0.3 is 0 Å². The number of rotatable bonds is 4. The standard InChI is InChI=1S/C14H23N3O/c1-13(2,3)16-10-11-6-9-15-12(17-11)14(18-4)7-5-8-14/h6,9,16H,5,7-8,10H2,1-4H3. The van der Waals surface area contributed by atoms with Crippen LogP contribution in [-0.4, -0.2) is 22.6 Å². The zero-order chi connectivity index (χ0) is 13.2. The van der Waals surface area contributed by atoms with Crippen LogP contribution in [-0.2, 0) is 16.9 Å². The zero-order valence-corrected chi connectivity index (χ0v) is 11.8. The van der Waals surface area contributed by atoms with Crippen molar-refractivity contribution in [2.45, 2.75) is 57.7 Å². The van der Waals surface area contributed by atoms with Crippen LogP contribution in [0.1, 0.15) is 51.6 Å². The molecule has 0 aliphatic heterocycles. The Labute approximate surface area is 109 Å². The lowest BCUT2D eigenvalue weighted by molar-refractivity contribution is -0.0848. The molecule has 1 aromatic heterocycles. The summed E-state index contributed by atoms with van der Waals surface area (Å²) in [5.74, 6) is 0.837. The molecule has 18 heavy (non-hydrogen) atoms. The second-order valence-electron chi connectivity index (χ2n) is 6.03. The van der Waals surface area contributed by atoms with Crippen molar-refractivity contribution in [2.24, 2.45) is 0 Å². The number of aromatic nitrogens is 2. The molecule has 4 nitrogen and oxygen atoms in total. The van der Waals surface area contributed by atoms with Crippen LogP contribution in [0.2, 0.25) is 0 Å². The molecule has 0 unspecified atom stereocenters. The molecule has 1 heterocycles. The molecule has 4 heteroatoms. The van der Waals surface area contributed by atoms with E-state index in [0.717, 1.165) is 30.9 Å². The van der Waals surface area contributed by atoms with Crippen LogP contribution in [0, 0.1) is 0 Å². The predicted molar refractivity (Wildman–Crippen MR) is 71.2 cm³/mol. The maximum Gasteiger partial charge on any atom is 0.160 e. The number of hydrogen-bond acceptors (Lipinski definition) is 4. The highest BCUT2D eigenvalue weighted by Gasteiger charge is 2.41. The van der Waals surface area contributed by atoms with Gasteiger partial charge in [-0.25, -0.2) is 9.97 Å². The Hall–Kier alpha value is -1.00. The lowest BCUT2D eigenvalue weighted by atomic mass is 9.79. The average Bonchev–Trinajstić information content (AvgIpc) is 2.26. The Balaban J connectivity index is 2.10. The molecule has 0 radical (unpaired) electrons. The molecule has 0 atom stereocenters. The maximum absolute atomic E-state index is 5.61. The van der Waals surface area contributed by atoms with Crippen LogP contribution in [0.5, 0.6) is 0 Å². The lowest BCUT2D eigenvalue weighted by Crippen LogP contribution is -2.39. The third-order valence-electron chi connectivity index (χ3n) is 3.47. The summed E-state index contributed by atoms with van der Waals surface area (Å²) in [5.41, 5.74) is 0.899. The molecule has 1 aliphatic rings. The highest BCUT2D eigenvalue weighted by molar-refractivity contribution is 5.12. The van der Waals surface area contributed by atoms with Gasteiger partial charge in [-0.05, 0) is 46.1 Å². The Morgan fingerprint density at radius 3 is 2.61 bits per heavy atom. The van der Waals surface area contributed by atoms with Gasteiger partial charge in [-0.1, -0.05) is 0 Å². The van der Waals surface area contributed by atoms with Crippen LogP contribution in [0.3, 0.4) is 0 Å². The van der Waals surface area contributed by atoms with Crippen molar-refractivity contribution in [3.63, 3.8) is 0 Å². The lowest BCUT2D eigenvalue weighted by Gasteiger charge is -2.38. The summed E-state index contributed by atoms with van der Waals surface area (Å²) in [6.07, 6.45) is 5.09. The largest absolute Gasteiger partial charge is 0.370 e. The van der Waals surface area contributed by atoms with Crippen LogP contribution in [0.15, 0.2) is 12.3 Å². The first-order valence-corrected chi connectivity index (χ1v) is 6.58. The molecule has 1 aliphatic carbocycles. The maximum atomic E-state index is 5.61. The van der Waals surface area contributed by atoms with Crippen LogP contribution in [0.4, 0.5) is 0 Å². The molecule has 1 N–H and O–H groups in total. The monoisotopic (exact) mass is 249 g/mol. The first-order chi connectivity index (χ1) is 8.45. The summed E-state index contributed by atoms with van der Waals surface area (Å²) >= 11 is 0. The molecule has 0 spiro atoms. The van der Waals surface area contributed by atoms with E-state index in [2.05, 4.69) is 36.1 Å². The van der Waals surface area contributed by atoms with Crippen LogP contribution >= 0.6 is 0 Å². The van der Waals surface area contributed by atoms with Crippen LogP contribution in [0.25, 0.3) is 0 Å². The van der Waals surface area contributed by atoms with E-state index in [1.165, 1.54) is 6.42 Å². The zero-order valence-electron chi connectivity index (χ0n) is 11.8. The van der Waals surface area contributed by atoms with Crippen molar-refractivity contribution < 1.29 is 4.74 Å². The molecule has 0 amide bonds. The van der Waals surface area contributed by atoms with E-state index < -0.39 is 0 Å². The van der Waals surface area contributed by atoms with Crippen LogP contribution < -0.4 is 5.32 Å². The van der Waals surface area contributed by atoms with E-state index in [1.807, 2.05) is 12.3 Å². The molecule has 100 valence electrons. The third-order valence-corrected chi connectivity index (χ3v) is 3.47. The Morgan fingerprint density at radius 1 is 1.39 bits per heavy atom. The summed E-state index contributed by atoms with van der Waals surface area (Å²) in [6, 6.07) is 1.96. The first-order valence-electron chi connectivity index (χ1n) is 6.58. The minimum absolute atomic E-state index is 0.0977. The fraction of sp³-hybridized carbons (Fsp3) is 0.714. The highest BCUT2D eigenvalue weighted by atomic mass is 16.5. The SMILES string of the molecule is COC1(c2nccc(CNC(C)(C)C)n2)CCC1. The summed E-state index contributed by atoms with van der Waals surface area (Å²) < 4.78 is 5.61. The van der Waals surface area contributed by atoms with E-state index in [0.29, 0.717) is 0 Å². The van der Waals surface area contributed by atoms with E-state index in [1.54, 1.807) is 7.11 Å².